The molecule has 0 amide bonds. The quantitative estimate of drug-likeness (QED) is 0.164. The van der Waals surface area contributed by atoms with Crippen LogP contribution >= 0.6 is 17.0 Å². The zero-order valence-electron chi connectivity index (χ0n) is 22.2. The van der Waals surface area contributed by atoms with Crippen LogP contribution in [0.3, 0.4) is 0 Å². The number of halogens is 2. The van der Waals surface area contributed by atoms with Gasteiger partial charge in [0.25, 0.3) is 0 Å². The minimum absolute atomic E-state index is 0.224. The van der Waals surface area contributed by atoms with Gasteiger partial charge in [0.1, 0.15) is 0 Å². The second-order valence-corrected chi connectivity index (χ2v) is 32.5. The van der Waals surface area contributed by atoms with Gasteiger partial charge in [0.2, 0.25) is 0 Å². The molecule has 0 aliphatic rings. The molecule has 34 heavy (non-hydrogen) atoms. The molecule has 0 spiro atoms. The monoisotopic (exact) mass is 588 g/mol. The summed E-state index contributed by atoms with van der Waals surface area (Å²) in [4.78, 5) is 0. The van der Waals surface area contributed by atoms with Gasteiger partial charge in [0.05, 0.1) is 0 Å². The third kappa shape index (κ3) is 8.19. The second kappa shape index (κ2) is 14.2. The summed E-state index contributed by atoms with van der Waals surface area (Å²) in [7, 11) is 11.2. The van der Waals surface area contributed by atoms with Crippen molar-refractivity contribution in [3.05, 3.63) is 81.9 Å². The molecule has 184 valence electrons. The van der Waals surface area contributed by atoms with Gasteiger partial charge < -0.3 is 0 Å². The average molecular weight is 591 g/mol. The summed E-state index contributed by atoms with van der Waals surface area (Å²) in [5.41, 5.74) is 8.33. The number of fused-ring (bicyclic) bond motifs is 2. The Labute approximate surface area is 222 Å². The number of aryl methyl sites for hydroxylation is 6. The molecule has 4 heteroatoms. The molecular formula is C30H40Cl2SiZr-2. The summed E-state index contributed by atoms with van der Waals surface area (Å²) in [6.45, 7) is 17.5. The van der Waals surface area contributed by atoms with E-state index in [2.05, 4.69) is 103 Å². The predicted octanol–water partition coefficient (Wildman–Crippen LogP) is 10.4. The molecule has 0 atom stereocenters. The van der Waals surface area contributed by atoms with Gasteiger partial charge >= 0.3 is 53.5 Å². The van der Waals surface area contributed by atoms with Crippen molar-refractivity contribution in [1.82, 2.24) is 0 Å². The number of hydrogen-bond donors (Lipinski definition) is 0. The van der Waals surface area contributed by atoms with Crippen LogP contribution in [0.4, 0.5) is 0 Å². The van der Waals surface area contributed by atoms with E-state index in [4.69, 9.17) is 17.0 Å². The van der Waals surface area contributed by atoms with E-state index in [-0.39, 0.29) is 5.43 Å². The number of hydrogen-bond acceptors (Lipinski definition) is 0. The summed E-state index contributed by atoms with van der Waals surface area (Å²) >= 11 is -1.65. The van der Waals surface area contributed by atoms with E-state index in [9.17, 15) is 0 Å². The molecule has 0 fully saturated rings. The van der Waals surface area contributed by atoms with Crippen LogP contribution in [-0.4, -0.2) is 5.43 Å². The van der Waals surface area contributed by atoms with E-state index in [1.165, 1.54) is 80.6 Å². The molecule has 0 nitrogen and oxygen atoms in total. The van der Waals surface area contributed by atoms with E-state index >= 15 is 0 Å². The number of rotatable bonds is 4. The van der Waals surface area contributed by atoms with Crippen molar-refractivity contribution in [3.63, 3.8) is 0 Å². The maximum atomic E-state index is 5.62. The first kappa shape index (κ1) is 29.6. The van der Waals surface area contributed by atoms with Crippen molar-refractivity contribution in [3.8, 4) is 0 Å². The summed E-state index contributed by atoms with van der Waals surface area (Å²) in [5.74, 6) is 0. The SMILES string of the molecule is CCCc1ccc(C)c2[cH-]c(C)cc12.CCCc1ccc(C)c2[cH-]c(C)cc12.C[Si](C)=[Zr]([Cl])[Cl]. The first-order valence-corrected chi connectivity index (χ1v) is 24.9. The summed E-state index contributed by atoms with van der Waals surface area (Å²) < 4.78 is 0. The molecule has 0 saturated carbocycles. The van der Waals surface area contributed by atoms with Crippen LogP contribution in [0.2, 0.25) is 13.1 Å². The average Bonchev–Trinajstić information content (AvgIpc) is 3.37. The van der Waals surface area contributed by atoms with Gasteiger partial charge in [-0.1, -0.05) is 77.6 Å². The summed E-state index contributed by atoms with van der Waals surface area (Å²) in [6.07, 6.45) is 4.84. The van der Waals surface area contributed by atoms with Gasteiger partial charge in [-0.05, 0) is 12.8 Å². The Morgan fingerprint density at radius 3 is 1.35 bits per heavy atom. The fourth-order valence-electron chi connectivity index (χ4n) is 4.27. The van der Waals surface area contributed by atoms with Gasteiger partial charge in [-0.15, -0.1) is 68.1 Å². The molecule has 0 unspecified atom stereocenters. The van der Waals surface area contributed by atoms with E-state index in [1.807, 2.05) is 0 Å². The molecular weight excluding hydrogens is 551 g/mol. The van der Waals surface area contributed by atoms with Crippen LogP contribution in [0, 0.1) is 27.7 Å². The molecule has 4 rings (SSSR count). The van der Waals surface area contributed by atoms with Gasteiger partial charge in [-0.3, -0.25) is 0 Å². The molecule has 0 aliphatic heterocycles. The molecule has 0 saturated heterocycles. The molecule has 0 aromatic heterocycles. The second-order valence-electron chi connectivity index (χ2n) is 9.56. The van der Waals surface area contributed by atoms with E-state index in [0.29, 0.717) is 0 Å². The molecule has 0 heterocycles. The molecule has 0 radical (unpaired) electrons. The van der Waals surface area contributed by atoms with Crippen molar-refractivity contribution in [1.29, 1.82) is 0 Å². The van der Waals surface area contributed by atoms with Crippen molar-refractivity contribution in [2.24, 2.45) is 0 Å². The number of benzene rings is 2. The van der Waals surface area contributed by atoms with Crippen LogP contribution in [0.15, 0.2) is 48.5 Å². The van der Waals surface area contributed by atoms with Crippen molar-refractivity contribution >= 4 is 44.0 Å². The van der Waals surface area contributed by atoms with Crippen LogP contribution in [0.25, 0.3) is 21.5 Å². The van der Waals surface area contributed by atoms with Gasteiger partial charge in [-0.2, -0.15) is 12.1 Å². The Balaban J connectivity index is 0.000000196. The van der Waals surface area contributed by atoms with Crippen molar-refractivity contribution in [2.45, 2.75) is 80.3 Å². The molecule has 0 aliphatic carbocycles. The predicted molar refractivity (Wildman–Crippen MR) is 155 cm³/mol. The zero-order chi connectivity index (χ0) is 25.4. The van der Waals surface area contributed by atoms with Gasteiger partial charge in [0, 0.05) is 0 Å². The van der Waals surface area contributed by atoms with E-state index in [1.54, 1.807) is 0 Å². The molecule has 0 bridgehead atoms. The Morgan fingerprint density at radius 2 is 1.06 bits per heavy atom. The molecule has 0 N–H and O–H groups in total. The van der Waals surface area contributed by atoms with Crippen molar-refractivity contribution < 1.29 is 18.0 Å². The molecule has 4 aromatic carbocycles. The van der Waals surface area contributed by atoms with Gasteiger partial charge in [0.15, 0.2) is 0 Å². The van der Waals surface area contributed by atoms with E-state index in [0.717, 1.165) is 0 Å². The van der Waals surface area contributed by atoms with Crippen molar-refractivity contribution in [2.75, 3.05) is 0 Å². The topological polar surface area (TPSA) is 0 Å². The Hall–Kier alpha value is -0.660. The third-order valence-corrected chi connectivity index (χ3v) is 25.8. The van der Waals surface area contributed by atoms with E-state index < -0.39 is 18.0 Å². The normalized spacial score (nSPS) is 10.5. The molecule has 4 aromatic rings. The maximum absolute atomic E-state index is 5.62. The fraction of sp³-hybridized carbons (Fsp3) is 0.400. The Bertz CT molecular complexity index is 1150. The summed E-state index contributed by atoms with van der Waals surface area (Å²) in [6, 6.07) is 18.3. The summed E-state index contributed by atoms with van der Waals surface area (Å²) in [5, 5.41) is 5.80. The van der Waals surface area contributed by atoms with Crippen LogP contribution in [0.5, 0.6) is 0 Å². The first-order valence-electron chi connectivity index (χ1n) is 12.4. The first-order chi connectivity index (χ1) is 16.1. The fourth-order valence-corrected chi connectivity index (χ4v) is 4.27. The Morgan fingerprint density at radius 1 is 0.706 bits per heavy atom. The van der Waals surface area contributed by atoms with Gasteiger partial charge in [-0.25, -0.2) is 0 Å². The zero-order valence-corrected chi connectivity index (χ0v) is 27.2. The minimum atomic E-state index is -1.65. The van der Waals surface area contributed by atoms with Crippen LogP contribution < -0.4 is 0 Å². The standard InChI is InChI=1S/2C14H17.C2H6Si.2ClH.Zr/c2*1-4-5-12-7-6-11(3)13-8-10(2)9-14(12)13;1-3-2;;;/h2*6-9H,4-5H2,1-3H3;1-2H3;2*1H;/q2*-1;;;;+2/p-2. The third-order valence-electron chi connectivity index (χ3n) is 6.10. The van der Waals surface area contributed by atoms with Crippen LogP contribution in [-0.2, 0) is 30.8 Å². The Kier molecular flexibility index (Phi) is 12.3. The van der Waals surface area contributed by atoms with Crippen LogP contribution in [0.1, 0.15) is 60.1 Å².